The van der Waals surface area contributed by atoms with Crippen molar-refractivity contribution in [3.63, 3.8) is 0 Å². The van der Waals surface area contributed by atoms with Crippen LogP contribution < -0.4 is 19.3 Å². The van der Waals surface area contributed by atoms with E-state index in [9.17, 15) is 14.4 Å². The second-order valence-corrected chi connectivity index (χ2v) is 8.05. The zero-order valence-electron chi connectivity index (χ0n) is 19.3. The molecule has 1 aliphatic rings. The summed E-state index contributed by atoms with van der Waals surface area (Å²) in [5, 5.41) is 8.95. The maximum atomic E-state index is 13.5. The second-order valence-electron chi connectivity index (χ2n) is 8.05. The lowest BCUT2D eigenvalue weighted by molar-refractivity contribution is -0.139. The minimum absolute atomic E-state index is 0.0741. The molecule has 1 N–H and O–H groups in total. The molecule has 1 amide bonds. The van der Waals surface area contributed by atoms with Crippen molar-refractivity contribution in [1.82, 2.24) is 0 Å². The summed E-state index contributed by atoms with van der Waals surface area (Å²) in [7, 11) is 0. The average Bonchev–Trinajstić information content (AvgIpc) is 2.88. The van der Waals surface area contributed by atoms with Crippen LogP contribution in [-0.2, 0) is 4.79 Å². The number of carboxylic acids is 1. The van der Waals surface area contributed by atoms with E-state index in [1.165, 1.54) is 6.92 Å². The Morgan fingerprint density at radius 1 is 1.00 bits per heavy atom. The fourth-order valence-corrected chi connectivity index (χ4v) is 3.96. The number of aliphatic carboxylic acids is 1. The predicted molar refractivity (Wildman–Crippen MR) is 132 cm³/mol. The van der Waals surface area contributed by atoms with Crippen molar-refractivity contribution in [2.24, 2.45) is 0 Å². The standard InChI is InChI=1S/C27H26N2O6/c1-19(30)21-9-5-10-22(17-21)29(27(33)20-7-3-2-4-8-20)14-13-28-15-16-34-26-23(28)11-6-12-24(26)35-18-25(31)32/h2-12,17H,13-16,18H2,1H3,(H,31,32). The summed E-state index contributed by atoms with van der Waals surface area (Å²) in [5.74, 6) is -0.466. The van der Waals surface area contributed by atoms with Gasteiger partial charge in [-0.25, -0.2) is 4.79 Å². The van der Waals surface area contributed by atoms with Gasteiger partial charge in [-0.3, -0.25) is 9.59 Å². The summed E-state index contributed by atoms with van der Waals surface area (Å²) in [6.45, 7) is 2.86. The molecule has 0 atom stereocenters. The molecule has 0 radical (unpaired) electrons. The van der Waals surface area contributed by atoms with E-state index >= 15 is 0 Å². The summed E-state index contributed by atoms with van der Waals surface area (Å²) in [6, 6.07) is 21.4. The van der Waals surface area contributed by atoms with E-state index < -0.39 is 12.6 Å². The summed E-state index contributed by atoms with van der Waals surface area (Å²) in [6.07, 6.45) is 0. The molecule has 1 heterocycles. The first kappa shape index (κ1) is 23.8. The van der Waals surface area contributed by atoms with Gasteiger partial charge in [-0.1, -0.05) is 36.4 Å². The van der Waals surface area contributed by atoms with E-state index in [1.807, 2.05) is 30.3 Å². The minimum atomic E-state index is -1.07. The molecule has 4 rings (SSSR count). The number of hydrogen-bond acceptors (Lipinski definition) is 6. The lowest BCUT2D eigenvalue weighted by Crippen LogP contribution is -2.42. The second kappa shape index (κ2) is 10.7. The molecule has 0 spiro atoms. The van der Waals surface area contributed by atoms with Crippen LogP contribution in [0, 0.1) is 0 Å². The Balaban J connectivity index is 1.60. The number of ether oxygens (including phenoxy) is 2. The molecule has 180 valence electrons. The average molecular weight is 475 g/mol. The van der Waals surface area contributed by atoms with Crippen molar-refractivity contribution in [3.8, 4) is 11.5 Å². The molecule has 0 bridgehead atoms. The third kappa shape index (κ3) is 5.60. The highest BCUT2D eigenvalue weighted by molar-refractivity contribution is 6.07. The lowest BCUT2D eigenvalue weighted by Gasteiger charge is -2.34. The van der Waals surface area contributed by atoms with Crippen molar-refractivity contribution in [2.45, 2.75) is 6.92 Å². The zero-order valence-corrected chi connectivity index (χ0v) is 19.3. The van der Waals surface area contributed by atoms with Gasteiger partial charge in [-0.05, 0) is 43.3 Å². The third-order valence-corrected chi connectivity index (χ3v) is 5.68. The number of rotatable bonds is 9. The van der Waals surface area contributed by atoms with E-state index in [0.29, 0.717) is 54.6 Å². The molecule has 0 fully saturated rings. The Morgan fingerprint density at radius 2 is 1.74 bits per heavy atom. The van der Waals surface area contributed by atoms with Crippen LogP contribution in [0.3, 0.4) is 0 Å². The summed E-state index contributed by atoms with van der Waals surface area (Å²) < 4.78 is 11.2. The summed E-state index contributed by atoms with van der Waals surface area (Å²) >= 11 is 0. The number of ketones is 1. The quantitative estimate of drug-likeness (QED) is 0.470. The minimum Gasteiger partial charge on any atom is -0.486 e. The highest BCUT2D eigenvalue weighted by atomic mass is 16.5. The highest BCUT2D eigenvalue weighted by Gasteiger charge is 2.25. The molecule has 0 saturated heterocycles. The molecule has 0 aromatic heterocycles. The molecular formula is C27H26N2O6. The monoisotopic (exact) mass is 474 g/mol. The molecule has 8 heteroatoms. The van der Waals surface area contributed by atoms with Crippen LogP contribution >= 0.6 is 0 Å². The highest BCUT2D eigenvalue weighted by Crippen LogP contribution is 2.39. The molecule has 3 aromatic rings. The van der Waals surface area contributed by atoms with Gasteiger partial charge in [0.15, 0.2) is 23.9 Å². The fraction of sp³-hybridized carbons (Fsp3) is 0.222. The zero-order chi connectivity index (χ0) is 24.8. The van der Waals surface area contributed by atoms with Gasteiger partial charge in [-0.2, -0.15) is 0 Å². The van der Waals surface area contributed by atoms with Gasteiger partial charge in [-0.15, -0.1) is 0 Å². The van der Waals surface area contributed by atoms with Crippen molar-refractivity contribution in [3.05, 3.63) is 83.9 Å². The normalized spacial score (nSPS) is 12.3. The Bertz CT molecular complexity index is 1230. The largest absolute Gasteiger partial charge is 0.486 e. The third-order valence-electron chi connectivity index (χ3n) is 5.68. The van der Waals surface area contributed by atoms with E-state index in [2.05, 4.69) is 4.90 Å². The summed E-state index contributed by atoms with van der Waals surface area (Å²) in [4.78, 5) is 40.1. The molecule has 8 nitrogen and oxygen atoms in total. The number of Topliss-reactive ketones (excluding diaryl/α,β-unsaturated/α-hetero) is 1. The van der Waals surface area contributed by atoms with Crippen LogP contribution in [0.1, 0.15) is 27.6 Å². The number of carbonyl (C=O) groups is 3. The van der Waals surface area contributed by atoms with Gasteiger partial charge >= 0.3 is 5.97 Å². The Hall–Kier alpha value is -4.33. The Kier molecular flexibility index (Phi) is 7.30. The van der Waals surface area contributed by atoms with Gasteiger partial charge in [0.2, 0.25) is 0 Å². The predicted octanol–water partition coefficient (Wildman–Crippen LogP) is 3.90. The number of nitrogens with zero attached hydrogens (tertiary/aromatic N) is 2. The maximum absolute atomic E-state index is 13.5. The molecule has 0 aliphatic carbocycles. The fourth-order valence-electron chi connectivity index (χ4n) is 3.96. The lowest BCUT2D eigenvalue weighted by atomic mass is 10.1. The first-order chi connectivity index (χ1) is 16.9. The number of amides is 1. The van der Waals surface area contributed by atoms with E-state index in [0.717, 1.165) is 5.69 Å². The van der Waals surface area contributed by atoms with Crippen molar-refractivity contribution >= 4 is 29.0 Å². The van der Waals surface area contributed by atoms with Crippen LogP contribution in [0.4, 0.5) is 11.4 Å². The number of carboxylic acid groups (broad SMARTS) is 1. The van der Waals surface area contributed by atoms with Crippen LogP contribution in [-0.4, -0.2) is 55.6 Å². The van der Waals surface area contributed by atoms with Crippen LogP contribution in [0.25, 0.3) is 0 Å². The maximum Gasteiger partial charge on any atom is 0.341 e. The van der Waals surface area contributed by atoms with Gasteiger partial charge in [0, 0.05) is 29.9 Å². The molecule has 3 aromatic carbocycles. The van der Waals surface area contributed by atoms with Gasteiger partial charge in [0.1, 0.15) is 6.61 Å². The van der Waals surface area contributed by atoms with Gasteiger partial charge < -0.3 is 24.4 Å². The number of hydrogen-bond donors (Lipinski definition) is 1. The Labute approximate surface area is 203 Å². The molecule has 35 heavy (non-hydrogen) atoms. The SMILES string of the molecule is CC(=O)c1cccc(N(CCN2CCOc3c(OCC(=O)O)cccc32)C(=O)c2ccccc2)c1. The van der Waals surface area contributed by atoms with E-state index in [-0.39, 0.29) is 11.7 Å². The first-order valence-electron chi connectivity index (χ1n) is 11.3. The summed E-state index contributed by atoms with van der Waals surface area (Å²) in [5.41, 5.74) is 2.49. The van der Waals surface area contributed by atoms with Crippen molar-refractivity contribution in [2.75, 3.05) is 42.6 Å². The topological polar surface area (TPSA) is 96.4 Å². The van der Waals surface area contributed by atoms with Gasteiger partial charge in [0.05, 0.1) is 12.2 Å². The number of carbonyl (C=O) groups excluding carboxylic acids is 2. The number of benzene rings is 3. The molecular weight excluding hydrogens is 448 g/mol. The Morgan fingerprint density at radius 3 is 2.49 bits per heavy atom. The van der Waals surface area contributed by atoms with Gasteiger partial charge in [0.25, 0.3) is 5.91 Å². The number of para-hydroxylation sites is 1. The number of fused-ring (bicyclic) bond motifs is 1. The van der Waals surface area contributed by atoms with Crippen LogP contribution in [0.15, 0.2) is 72.8 Å². The van der Waals surface area contributed by atoms with Crippen molar-refractivity contribution in [1.29, 1.82) is 0 Å². The molecule has 0 unspecified atom stereocenters. The van der Waals surface area contributed by atoms with Crippen LogP contribution in [0.2, 0.25) is 0 Å². The van der Waals surface area contributed by atoms with E-state index in [1.54, 1.807) is 47.4 Å². The van der Waals surface area contributed by atoms with E-state index in [4.69, 9.17) is 14.6 Å². The number of anilines is 2. The smallest absolute Gasteiger partial charge is 0.341 e. The molecule has 0 saturated carbocycles. The van der Waals surface area contributed by atoms with Crippen LogP contribution in [0.5, 0.6) is 11.5 Å². The van der Waals surface area contributed by atoms with Crippen molar-refractivity contribution < 1.29 is 29.0 Å². The molecule has 1 aliphatic heterocycles. The first-order valence-corrected chi connectivity index (χ1v) is 11.3.